The van der Waals surface area contributed by atoms with Crippen molar-refractivity contribution in [2.45, 2.75) is 5.41 Å². The highest BCUT2D eigenvalue weighted by molar-refractivity contribution is 6.17. The van der Waals surface area contributed by atoms with Crippen molar-refractivity contribution in [3.8, 4) is 39.3 Å². The summed E-state index contributed by atoms with van der Waals surface area (Å²) in [5.41, 5.74) is 16.0. The zero-order valence-electron chi connectivity index (χ0n) is 25.9. The quantitative estimate of drug-likeness (QED) is 0.195. The monoisotopic (exact) mass is 609 g/mol. The van der Waals surface area contributed by atoms with Crippen molar-refractivity contribution in [3.63, 3.8) is 0 Å². The second-order valence-corrected chi connectivity index (χ2v) is 12.9. The maximum absolute atomic E-state index is 5.44. The van der Waals surface area contributed by atoms with E-state index in [1.165, 1.54) is 60.8 Å². The van der Waals surface area contributed by atoms with Crippen LogP contribution in [-0.4, -0.2) is 14.5 Å². The lowest BCUT2D eigenvalue weighted by Gasteiger charge is -2.30. The summed E-state index contributed by atoms with van der Waals surface area (Å²) in [5, 5.41) is 2.42. The van der Waals surface area contributed by atoms with Crippen LogP contribution in [0.5, 0.6) is 0 Å². The van der Waals surface area contributed by atoms with Gasteiger partial charge < -0.3 is 0 Å². The Kier molecular flexibility index (Phi) is 5.04. The Labute approximate surface area is 277 Å². The molecular formula is C45H27N3. The van der Waals surface area contributed by atoms with Crippen molar-refractivity contribution in [2.75, 3.05) is 0 Å². The van der Waals surface area contributed by atoms with E-state index in [1.807, 2.05) is 12.1 Å². The van der Waals surface area contributed by atoms with E-state index in [-0.39, 0.29) is 0 Å². The third kappa shape index (κ3) is 3.13. The van der Waals surface area contributed by atoms with Crippen LogP contribution in [0.2, 0.25) is 0 Å². The Morgan fingerprint density at radius 3 is 1.71 bits per heavy atom. The van der Waals surface area contributed by atoms with Crippen molar-refractivity contribution in [1.29, 1.82) is 0 Å². The highest BCUT2D eigenvalue weighted by Crippen LogP contribution is 2.64. The van der Waals surface area contributed by atoms with Crippen LogP contribution in [0.15, 0.2) is 164 Å². The lowest BCUT2D eigenvalue weighted by atomic mass is 9.70. The molecule has 0 bridgehead atoms. The normalized spacial score (nSPS) is 13.6. The topological polar surface area (TPSA) is 30.7 Å². The second kappa shape index (κ2) is 9.37. The molecule has 0 radical (unpaired) electrons. The smallest absolute Gasteiger partial charge is 0.165 e. The van der Waals surface area contributed by atoms with Crippen molar-refractivity contribution in [1.82, 2.24) is 14.5 Å². The van der Waals surface area contributed by atoms with Crippen LogP contribution in [0.25, 0.3) is 72.2 Å². The molecule has 3 nitrogen and oxygen atoms in total. The van der Waals surface area contributed by atoms with Crippen LogP contribution in [0, 0.1) is 0 Å². The Balaban J connectivity index is 1.35. The van der Waals surface area contributed by atoms with Gasteiger partial charge >= 0.3 is 0 Å². The average molecular weight is 610 g/mol. The molecule has 0 atom stereocenters. The van der Waals surface area contributed by atoms with E-state index in [9.17, 15) is 0 Å². The number of para-hydroxylation sites is 3. The van der Waals surface area contributed by atoms with E-state index in [0.29, 0.717) is 0 Å². The Hall–Kier alpha value is -6.32. The highest BCUT2D eigenvalue weighted by atomic mass is 15.1. The van der Waals surface area contributed by atoms with Gasteiger partial charge in [0.25, 0.3) is 0 Å². The minimum atomic E-state index is -0.425. The van der Waals surface area contributed by atoms with Gasteiger partial charge in [-0.15, -0.1) is 0 Å². The van der Waals surface area contributed by atoms with Crippen LogP contribution in [0.1, 0.15) is 22.3 Å². The lowest BCUT2D eigenvalue weighted by Crippen LogP contribution is -2.25. The summed E-state index contributed by atoms with van der Waals surface area (Å²) in [4.78, 5) is 10.7. The molecule has 1 spiro atoms. The fourth-order valence-electron chi connectivity index (χ4n) is 8.79. The van der Waals surface area contributed by atoms with Gasteiger partial charge in [-0.05, 0) is 57.1 Å². The molecule has 2 aliphatic rings. The Morgan fingerprint density at radius 2 is 0.979 bits per heavy atom. The fourth-order valence-corrected chi connectivity index (χ4v) is 8.79. The van der Waals surface area contributed by atoms with E-state index in [0.717, 1.165) is 33.6 Å². The van der Waals surface area contributed by atoms with Gasteiger partial charge in [0.2, 0.25) is 0 Å². The first-order valence-electron chi connectivity index (χ1n) is 16.5. The third-order valence-electron chi connectivity index (χ3n) is 10.6. The number of hydrogen-bond acceptors (Lipinski definition) is 2. The molecule has 0 saturated carbocycles. The first-order chi connectivity index (χ1) is 23.8. The summed E-state index contributed by atoms with van der Waals surface area (Å²) in [6.45, 7) is 0. The number of nitrogens with zero attached hydrogens (tertiary/aromatic N) is 3. The van der Waals surface area contributed by atoms with E-state index in [1.54, 1.807) is 0 Å². The molecule has 7 aromatic carbocycles. The molecule has 48 heavy (non-hydrogen) atoms. The molecule has 11 rings (SSSR count). The Bertz CT molecular complexity index is 2740. The maximum Gasteiger partial charge on any atom is 0.165 e. The van der Waals surface area contributed by atoms with Gasteiger partial charge in [0.05, 0.1) is 27.5 Å². The summed E-state index contributed by atoms with van der Waals surface area (Å²) in [7, 11) is 0. The zero-order valence-corrected chi connectivity index (χ0v) is 25.9. The van der Waals surface area contributed by atoms with Gasteiger partial charge in [0, 0.05) is 21.9 Å². The molecule has 0 saturated heterocycles. The second-order valence-electron chi connectivity index (χ2n) is 12.9. The molecule has 2 aliphatic carbocycles. The zero-order chi connectivity index (χ0) is 31.4. The van der Waals surface area contributed by atoms with Gasteiger partial charge in [0.15, 0.2) is 5.82 Å². The molecule has 222 valence electrons. The molecule has 0 aliphatic heterocycles. The third-order valence-corrected chi connectivity index (χ3v) is 10.6. The van der Waals surface area contributed by atoms with Crippen LogP contribution < -0.4 is 0 Å². The number of aromatic nitrogens is 3. The van der Waals surface area contributed by atoms with Crippen LogP contribution in [-0.2, 0) is 5.41 Å². The highest BCUT2D eigenvalue weighted by Gasteiger charge is 2.52. The number of benzene rings is 7. The minimum absolute atomic E-state index is 0.425. The first-order valence-corrected chi connectivity index (χ1v) is 16.5. The van der Waals surface area contributed by atoms with Gasteiger partial charge in [0.1, 0.15) is 5.69 Å². The largest absolute Gasteiger partial charge is 0.291 e. The van der Waals surface area contributed by atoms with E-state index >= 15 is 0 Å². The summed E-state index contributed by atoms with van der Waals surface area (Å²) in [6, 6.07) is 59.2. The molecule has 0 N–H and O–H groups in total. The van der Waals surface area contributed by atoms with Crippen LogP contribution in [0.3, 0.4) is 0 Å². The number of hydrogen-bond donors (Lipinski definition) is 0. The summed E-state index contributed by atoms with van der Waals surface area (Å²) < 4.78 is 2.40. The molecule has 2 heterocycles. The van der Waals surface area contributed by atoms with E-state index in [4.69, 9.17) is 9.97 Å². The molecule has 2 aromatic heterocycles. The van der Waals surface area contributed by atoms with Crippen LogP contribution >= 0.6 is 0 Å². The molecule has 0 unspecified atom stereocenters. The fraction of sp³-hybridized carbons (Fsp3) is 0.0222. The average Bonchev–Trinajstić information content (AvgIpc) is 3.76. The van der Waals surface area contributed by atoms with Gasteiger partial charge in [-0.3, -0.25) is 4.57 Å². The predicted molar refractivity (Wildman–Crippen MR) is 196 cm³/mol. The van der Waals surface area contributed by atoms with Crippen LogP contribution in [0.4, 0.5) is 0 Å². The van der Waals surface area contributed by atoms with E-state index in [2.05, 4.69) is 156 Å². The van der Waals surface area contributed by atoms with Gasteiger partial charge in [-0.25, -0.2) is 9.97 Å². The lowest BCUT2D eigenvalue weighted by molar-refractivity contribution is 0.794. The summed E-state index contributed by atoms with van der Waals surface area (Å²) in [6.07, 6.45) is 0. The SMILES string of the molecule is c1ccc(-c2nc3ccccc3nc2-n2c3ccccc3c3ccc4c(c32)-c2ccccc2C42c3ccccc3-c3ccccc32)cc1. The van der Waals surface area contributed by atoms with Gasteiger partial charge in [-0.1, -0.05) is 146 Å². The molecular weight excluding hydrogens is 583 g/mol. The van der Waals surface area contributed by atoms with Crippen molar-refractivity contribution < 1.29 is 0 Å². The van der Waals surface area contributed by atoms with Crippen molar-refractivity contribution in [2.24, 2.45) is 0 Å². The minimum Gasteiger partial charge on any atom is -0.291 e. The molecule has 0 amide bonds. The molecule has 3 heteroatoms. The Morgan fingerprint density at radius 1 is 0.417 bits per heavy atom. The summed E-state index contributed by atoms with van der Waals surface area (Å²) >= 11 is 0. The standard InChI is InChI=1S/C45H27N3/c1-2-14-28(15-3-1)42-44(47-39-24-12-11-23-38(39)46-42)48-40-25-13-7-18-31(40)32-26-27-37-41(43(32)48)33-19-6-10-22-36(33)45(37)34-20-8-4-16-29(34)30-17-5-9-21-35(30)45/h1-27H. The first kappa shape index (κ1) is 25.8. The van der Waals surface area contributed by atoms with Crippen molar-refractivity contribution >= 4 is 32.8 Å². The maximum atomic E-state index is 5.44. The van der Waals surface area contributed by atoms with Crippen molar-refractivity contribution in [3.05, 3.63) is 186 Å². The predicted octanol–water partition coefficient (Wildman–Crippen LogP) is 10.7. The van der Waals surface area contributed by atoms with E-state index < -0.39 is 5.41 Å². The number of fused-ring (bicyclic) bond motifs is 15. The van der Waals surface area contributed by atoms with Gasteiger partial charge in [-0.2, -0.15) is 0 Å². The molecule has 9 aromatic rings. The summed E-state index contributed by atoms with van der Waals surface area (Å²) in [5.74, 6) is 0.838. The number of rotatable bonds is 2. The molecule has 0 fully saturated rings.